The van der Waals surface area contributed by atoms with Crippen LogP contribution in [0.15, 0.2) is 59.9 Å². The zero-order chi connectivity index (χ0) is 33.2. The van der Waals surface area contributed by atoms with Crippen LogP contribution < -0.4 is 20.1 Å². The molecule has 12 heteroatoms. The van der Waals surface area contributed by atoms with Crippen LogP contribution in [0.5, 0.6) is 11.5 Å². The Morgan fingerprint density at radius 2 is 1.87 bits per heavy atom. The number of ether oxygens (including phenoxy) is 1. The van der Waals surface area contributed by atoms with Gasteiger partial charge in [-0.05, 0) is 48.7 Å². The van der Waals surface area contributed by atoms with Gasteiger partial charge in [0.2, 0.25) is 5.91 Å². The summed E-state index contributed by atoms with van der Waals surface area (Å²) in [5.74, 6) is -1.46. The highest BCUT2D eigenvalue weighted by atomic mass is 35.5. The molecule has 2 amide bonds. The lowest BCUT2D eigenvalue weighted by atomic mass is 9.97. The van der Waals surface area contributed by atoms with E-state index in [0.717, 1.165) is 5.56 Å². The number of anilines is 2. The second-order valence-corrected chi connectivity index (χ2v) is 12.2. The molecule has 10 nitrogen and oxygen atoms in total. The Morgan fingerprint density at radius 1 is 1.15 bits per heavy atom. The summed E-state index contributed by atoms with van der Waals surface area (Å²) >= 11 is 6.84. The molecule has 0 aliphatic carbocycles. The summed E-state index contributed by atoms with van der Waals surface area (Å²) in [7, 11) is 3.02. The highest BCUT2D eigenvalue weighted by Crippen LogP contribution is 2.45. The Balaban J connectivity index is 1.77. The number of likely N-dealkylation sites (N-methyl/N-ethyl adjacent to an activating group) is 1. The van der Waals surface area contributed by atoms with Crippen LogP contribution in [-0.2, 0) is 9.59 Å². The van der Waals surface area contributed by atoms with Gasteiger partial charge in [0.15, 0.2) is 5.65 Å². The van der Waals surface area contributed by atoms with Crippen LogP contribution in [0.2, 0.25) is 5.02 Å². The number of hydrogen-bond donors (Lipinski definition) is 1. The standard InChI is InChI=1S/C34H33ClFN5O5/c1-7-26(43)39-16-23-33(44)38(5)31-30(40(23)15-18(39)4)20-14-21(35)28(27-22(36)11-9-12-24(27)42)37-32(20)41(34(31)45)29-19(17(2)3)10-8-13-25(29)46-6/h7-14,17-18,23,42H,1,15-16H2,2-6H3/t18-,23-/m1/s1. The van der Waals surface area contributed by atoms with Gasteiger partial charge >= 0.3 is 0 Å². The van der Waals surface area contributed by atoms with Crippen LogP contribution in [0, 0.1) is 5.82 Å². The Bertz CT molecular complexity index is 1990. The number of amides is 2. The zero-order valence-corrected chi connectivity index (χ0v) is 26.8. The first kappa shape index (κ1) is 31.1. The topological polar surface area (TPSA) is 108 Å². The molecule has 2 aromatic heterocycles. The number of aromatic hydroxyl groups is 1. The first-order valence-corrected chi connectivity index (χ1v) is 15.2. The van der Waals surface area contributed by atoms with Crippen molar-refractivity contribution in [2.24, 2.45) is 0 Å². The number of para-hydroxylation sites is 1. The van der Waals surface area contributed by atoms with Gasteiger partial charge in [-0.15, -0.1) is 0 Å². The summed E-state index contributed by atoms with van der Waals surface area (Å²) in [6, 6.07) is 9.75. The number of pyridine rings is 2. The summed E-state index contributed by atoms with van der Waals surface area (Å²) < 4.78 is 22.4. The summed E-state index contributed by atoms with van der Waals surface area (Å²) in [5.41, 5.74) is 0.979. The molecule has 0 spiro atoms. The number of halogens is 2. The van der Waals surface area contributed by atoms with Crippen LogP contribution >= 0.6 is 11.6 Å². The molecule has 2 atom stereocenters. The number of carbonyl (C=O) groups is 2. The minimum Gasteiger partial charge on any atom is -0.507 e. The molecule has 2 aromatic carbocycles. The van der Waals surface area contributed by atoms with Crippen LogP contribution in [0.25, 0.3) is 28.0 Å². The predicted molar refractivity (Wildman–Crippen MR) is 176 cm³/mol. The number of rotatable bonds is 5. The first-order valence-electron chi connectivity index (χ1n) is 14.8. The number of phenols is 1. The second kappa shape index (κ2) is 11.5. The first-order chi connectivity index (χ1) is 21.9. The average Bonchev–Trinajstić information content (AvgIpc) is 3.02. The molecule has 238 valence electrons. The summed E-state index contributed by atoms with van der Waals surface area (Å²) in [6.45, 7) is 9.72. The third-order valence-corrected chi connectivity index (χ3v) is 9.10. The summed E-state index contributed by atoms with van der Waals surface area (Å²) in [6.07, 6.45) is 1.22. The van der Waals surface area contributed by atoms with Crippen molar-refractivity contribution >= 4 is 45.8 Å². The number of benzene rings is 2. The average molecular weight is 646 g/mol. The molecule has 1 saturated heterocycles. The minimum atomic E-state index is -0.803. The van der Waals surface area contributed by atoms with E-state index < -0.39 is 17.4 Å². The van der Waals surface area contributed by atoms with E-state index in [1.54, 1.807) is 17.0 Å². The third-order valence-electron chi connectivity index (χ3n) is 8.81. The SMILES string of the molecule is C=CC(=O)N1C[C@@H]2C(=O)N(C)c3c(c4cc(Cl)c(-c5c(O)cccc5F)nc4n(-c4c(OC)cccc4C(C)C)c3=O)N2C[C@H]1C. The van der Waals surface area contributed by atoms with Crippen LogP contribution in [0.4, 0.5) is 15.8 Å². The van der Waals surface area contributed by atoms with E-state index in [2.05, 4.69) is 6.58 Å². The maximum atomic E-state index is 15.2. The molecule has 46 heavy (non-hydrogen) atoms. The fourth-order valence-corrected chi connectivity index (χ4v) is 6.82. The molecule has 2 aliphatic rings. The van der Waals surface area contributed by atoms with Crippen molar-refractivity contribution in [1.82, 2.24) is 14.5 Å². The zero-order valence-electron chi connectivity index (χ0n) is 26.0. The maximum Gasteiger partial charge on any atom is 0.283 e. The van der Waals surface area contributed by atoms with Crippen molar-refractivity contribution in [3.8, 4) is 28.4 Å². The van der Waals surface area contributed by atoms with Gasteiger partial charge in [-0.3, -0.25) is 19.0 Å². The normalized spacial score (nSPS) is 17.7. The largest absolute Gasteiger partial charge is 0.507 e. The van der Waals surface area contributed by atoms with Crippen molar-refractivity contribution < 1.29 is 23.8 Å². The Labute approximate surface area is 269 Å². The number of hydrogen-bond acceptors (Lipinski definition) is 7. The number of methoxy groups -OCH3 is 1. The molecule has 6 rings (SSSR count). The van der Waals surface area contributed by atoms with Crippen molar-refractivity contribution in [2.45, 2.75) is 38.8 Å². The molecular weight excluding hydrogens is 613 g/mol. The van der Waals surface area contributed by atoms with E-state index in [9.17, 15) is 19.5 Å². The van der Waals surface area contributed by atoms with E-state index in [1.807, 2.05) is 37.8 Å². The fraction of sp³-hybridized carbons (Fsp3) is 0.294. The molecule has 4 heterocycles. The van der Waals surface area contributed by atoms with Crippen molar-refractivity contribution in [2.75, 3.05) is 37.0 Å². The smallest absolute Gasteiger partial charge is 0.283 e. The Kier molecular flexibility index (Phi) is 7.76. The molecule has 0 bridgehead atoms. The van der Waals surface area contributed by atoms with E-state index >= 15 is 4.39 Å². The third kappa shape index (κ3) is 4.60. The van der Waals surface area contributed by atoms with Crippen LogP contribution in [-0.4, -0.2) is 70.7 Å². The number of carbonyl (C=O) groups excluding carboxylic acids is 2. The molecule has 1 fully saturated rings. The van der Waals surface area contributed by atoms with Gasteiger partial charge in [0.1, 0.15) is 29.0 Å². The molecule has 0 radical (unpaired) electrons. The molecule has 2 aliphatic heterocycles. The van der Waals surface area contributed by atoms with Gasteiger partial charge in [0, 0.05) is 25.0 Å². The molecule has 4 aromatic rings. The summed E-state index contributed by atoms with van der Waals surface area (Å²) in [4.78, 5) is 51.1. The number of aromatic nitrogens is 2. The van der Waals surface area contributed by atoms with Crippen molar-refractivity contribution in [3.63, 3.8) is 0 Å². The quantitative estimate of drug-likeness (QED) is 0.295. The van der Waals surface area contributed by atoms with Gasteiger partial charge in [-0.2, -0.15) is 0 Å². The molecule has 1 N–H and O–H groups in total. The monoisotopic (exact) mass is 645 g/mol. The van der Waals surface area contributed by atoms with Gasteiger partial charge in [0.05, 0.1) is 41.3 Å². The van der Waals surface area contributed by atoms with E-state index in [-0.39, 0.29) is 70.2 Å². The van der Waals surface area contributed by atoms with E-state index in [0.29, 0.717) is 22.5 Å². The second-order valence-electron chi connectivity index (χ2n) is 11.8. The van der Waals surface area contributed by atoms with Gasteiger partial charge in [0.25, 0.3) is 11.5 Å². The number of fused-ring (bicyclic) bond motifs is 5. The molecule has 0 saturated carbocycles. The molecular formula is C34H33ClFN5O5. The maximum absolute atomic E-state index is 15.2. The fourth-order valence-electron chi connectivity index (χ4n) is 6.58. The van der Waals surface area contributed by atoms with Crippen molar-refractivity contribution in [1.29, 1.82) is 0 Å². The summed E-state index contributed by atoms with van der Waals surface area (Å²) in [5, 5.41) is 11.1. The highest BCUT2D eigenvalue weighted by molar-refractivity contribution is 6.34. The number of nitrogens with zero attached hydrogens (tertiary/aromatic N) is 5. The lowest BCUT2D eigenvalue weighted by Gasteiger charge is -2.49. The van der Waals surface area contributed by atoms with E-state index in [4.69, 9.17) is 21.3 Å². The van der Waals surface area contributed by atoms with Gasteiger partial charge < -0.3 is 24.5 Å². The lowest BCUT2D eigenvalue weighted by molar-refractivity contribution is -0.130. The Hall–Kier alpha value is -4.90. The van der Waals surface area contributed by atoms with E-state index in [1.165, 1.54) is 47.9 Å². The number of phenolic OH excluding ortho intramolecular Hbond substituents is 1. The predicted octanol–water partition coefficient (Wildman–Crippen LogP) is 5.25. The highest BCUT2D eigenvalue weighted by Gasteiger charge is 2.46. The van der Waals surface area contributed by atoms with Gasteiger partial charge in [-0.25, -0.2) is 9.37 Å². The van der Waals surface area contributed by atoms with Crippen molar-refractivity contribution in [3.05, 3.63) is 81.9 Å². The minimum absolute atomic E-state index is 0.0223. The van der Waals surface area contributed by atoms with Gasteiger partial charge in [-0.1, -0.05) is 50.2 Å². The number of piperazine rings is 1. The van der Waals surface area contributed by atoms with Crippen LogP contribution in [0.1, 0.15) is 32.3 Å². The Morgan fingerprint density at radius 3 is 2.52 bits per heavy atom. The van der Waals surface area contributed by atoms with Crippen LogP contribution in [0.3, 0.4) is 0 Å². The molecule has 0 unspecified atom stereocenters. The lowest BCUT2D eigenvalue weighted by Crippen LogP contribution is -2.66.